The number of hydrogen-bond acceptors (Lipinski definition) is 5. The molecule has 0 bridgehead atoms. The fourth-order valence-corrected chi connectivity index (χ4v) is 6.85. The van der Waals surface area contributed by atoms with Gasteiger partial charge in [-0.15, -0.1) is 0 Å². The summed E-state index contributed by atoms with van der Waals surface area (Å²) in [6, 6.07) is 4.97. The lowest BCUT2D eigenvalue weighted by atomic mass is 9.78. The molecule has 6 rings (SSSR count). The number of likely N-dealkylation sites (tertiary alicyclic amines) is 1. The molecule has 0 spiro atoms. The van der Waals surface area contributed by atoms with Crippen LogP contribution < -0.4 is 5.69 Å². The first-order chi connectivity index (χ1) is 19.8. The van der Waals surface area contributed by atoms with Crippen molar-refractivity contribution < 1.29 is 22.8 Å². The number of carbonyl (C=O) groups excluding carboxylic acids is 2. The second-order valence-corrected chi connectivity index (χ2v) is 12.0. The van der Waals surface area contributed by atoms with Crippen LogP contribution >= 0.6 is 23.2 Å². The quantitative estimate of drug-likeness (QED) is 0.344. The van der Waals surface area contributed by atoms with Crippen LogP contribution in [0.2, 0.25) is 10.2 Å². The minimum atomic E-state index is -4.66. The van der Waals surface area contributed by atoms with E-state index >= 15 is 0 Å². The highest BCUT2D eigenvalue weighted by Gasteiger charge is 2.46. The van der Waals surface area contributed by atoms with Crippen LogP contribution in [0.15, 0.2) is 29.2 Å². The molecule has 2 N–H and O–H groups in total. The highest BCUT2D eigenvalue weighted by molar-refractivity contribution is 6.39. The number of alkyl halides is 3. The number of nitrogens with zero attached hydrogens (tertiary/aromatic N) is 5. The van der Waals surface area contributed by atoms with Crippen molar-refractivity contribution in [2.45, 2.75) is 51.4 Å². The summed E-state index contributed by atoms with van der Waals surface area (Å²) in [6.07, 6.45) is -2.38. The molecule has 0 radical (unpaired) electrons. The molecule has 10 nitrogen and oxygen atoms in total. The molecule has 1 fully saturated rings. The number of fused-ring (bicyclic) bond motifs is 4. The SMILES string of the molecule is C[C@@]1(CC(=O)N2CCC(n3c(=O)[nH]c4ncccc43)CC2)Cc2cc(Cl)c3n[nH]c(Cl)c3c2CN(CC(F)(F)F)C1=O. The number of pyridine rings is 1. The molecule has 0 saturated carbocycles. The average Bonchev–Trinajstić information content (AvgIpc) is 3.45. The van der Waals surface area contributed by atoms with Crippen LogP contribution in [0.3, 0.4) is 0 Å². The molecule has 4 aromatic rings. The van der Waals surface area contributed by atoms with Crippen LogP contribution in [0.4, 0.5) is 13.2 Å². The standard InChI is InChI=1S/C27H26Cl2F3N7O3/c1-26(11-19(40)37-7-4-15(5-8-37)39-18-3-2-6-33-23(18)34-25(39)42)10-14-9-17(28)21-20(22(29)36-35-21)16(14)12-38(24(26)41)13-27(30,31)32/h2-3,6,9,15H,4-5,7-8,10-13H2,1H3,(H,35,36)(H,33,34,42)/t26-/m0/s1. The van der Waals surface area contributed by atoms with Gasteiger partial charge < -0.3 is 9.80 Å². The molecule has 1 atom stereocenters. The number of H-pyrrole nitrogens is 2. The normalized spacial score (nSPS) is 20.4. The van der Waals surface area contributed by atoms with Gasteiger partial charge in [0.05, 0.1) is 16.0 Å². The number of benzene rings is 1. The molecule has 2 aliphatic rings. The van der Waals surface area contributed by atoms with E-state index in [1.165, 1.54) is 6.92 Å². The Morgan fingerprint density at radius 2 is 1.95 bits per heavy atom. The lowest BCUT2D eigenvalue weighted by Crippen LogP contribution is -2.48. The summed E-state index contributed by atoms with van der Waals surface area (Å²) >= 11 is 12.7. The first-order valence-corrected chi connectivity index (χ1v) is 14.1. The fourth-order valence-electron chi connectivity index (χ4n) is 6.34. The third kappa shape index (κ3) is 5.02. The maximum absolute atomic E-state index is 13.8. The third-order valence-electron chi connectivity index (χ3n) is 8.26. The maximum Gasteiger partial charge on any atom is 0.406 e. The molecule has 2 amide bonds. The third-order valence-corrected chi connectivity index (χ3v) is 8.82. The number of carbonyl (C=O) groups is 2. The zero-order valence-corrected chi connectivity index (χ0v) is 23.9. The maximum atomic E-state index is 13.8. The van der Waals surface area contributed by atoms with E-state index in [4.69, 9.17) is 23.2 Å². The Kier molecular flexibility index (Phi) is 7.00. The summed E-state index contributed by atoms with van der Waals surface area (Å²) in [5.41, 5.74) is 0.663. The first kappa shape index (κ1) is 28.5. The second-order valence-electron chi connectivity index (χ2n) is 11.2. The zero-order valence-electron chi connectivity index (χ0n) is 22.4. The van der Waals surface area contributed by atoms with Gasteiger partial charge in [0.2, 0.25) is 11.8 Å². The zero-order chi connectivity index (χ0) is 30.0. The lowest BCUT2D eigenvalue weighted by Gasteiger charge is -2.36. The van der Waals surface area contributed by atoms with Crippen molar-refractivity contribution in [3.8, 4) is 0 Å². The number of rotatable bonds is 4. The van der Waals surface area contributed by atoms with E-state index in [1.54, 1.807) is 33.9 Å². The summed E-state index contributed by atoms with van der Waals surface area (Å²) in [7, 11) is 0. The van der Waals surface area contributed by atoms with Gasteiger partial charge in [-0.2, -0.15) is 18.3 Å². The molecule has 15 heteroatoms. The van der Waals surface area contributed by atoms with Crippen LogP contribution in [0, 0.1) is 5.41 Å². The monoisotopic (exact) mass is 623 g/mol. The van der Waals surface area contributed by atoms with E-state index in [2.05, 4.69) is 20.2 Å². The molecule has 5 heterocycles. The van der Waals surface area contributed by atoms with Gasteiger partial charge in [0, 0.05) is 43.7 Å². The fraction of sp³-hybridized carbons (Fsp3) is 0.444. The van der Waals surface area contributed by atoms with E-state index < -0.39 is 24.0 Å². The number of aromatic nitrogens is 5. The van der Waals surface area contributed by atoms with Crippen LogP contribution in [0.5, 0.6) is 0 Å². The lowest BCUT2D eigenvalue weighted by molar-refractivity contribution is -0.169. The van der Waals surface area contributed by atoms with E-state index in [1.807, 2.05) is 0 Å². The van der Waals surface area contributed by atoms with Crippen molar-refractivity contribution in [3.05, 3.63) is 56.2 Å². The van der Waals surface area contributed by atoms with Gasteiger partial charge in [-0.1, -0.05) is 23.2 Å². The molecule has 0 aliphatic carbocycles. The van der Waals surface area contributed by atoms with Crippen LogP contribution in [0.25, 0.3) is 22.1 Å². The number of hydrogen-bond donors (Lipinski definition) is 2. The Bertz CT molecular complexity index is 1770. The highest BCUT2D eigenvalue weighted by atomic mass is 35.5. The minimum Gasteiger partial charge on any atom is -0.343 e. The van der Waals surface area contributed by atoms with Gasteiger partial charge in [-0.3, -0.25) is 24.2 Å². The van der Waals surface area contributed by atoms with E-state index in [9.17, 15) is 27.6 Å². The van der Waals surface area contributed by atoms with Crippen molar-refractivity contribution >= 4 is 57.1 Å². The molecular formula is C27H26Cl2F3N7O3. The van der Waals surface area contributed by atoms with Crippen molar-refractivity contribution in [1.82, 2.24) is 34.5 Å². The van der Waals surface area contributed by atoms with Crippen molar-refractivity contribution in [1.29, 1.82) is 0 Å². The first-order valence-electron chi connectivity index (χ1n) is 13.4. The topological polar surface area (TPSA) is 120 Å². The summed E-state index contributed by atoms with van der Waals surface area (Å²) in [6.45, 7) is 0.338. The van der Waals surface area contributed by atoms with Crippen LogP contribution in [-0.4, -0.2) is 72.2 Å². The van der Waals surface area contributed by atoms with Gasteiger partial charge >= 0.3 is 11.9 Å². The molecule has 1 aromatic carbocycles. The van der Waals surface area contributed by atoms with Gasteiger partial charge in [0.1, 0.15) is 17.2 Å². The number of aromatic amines is 2. The van der Waals surface area contributed by atoms with E-state index in [0.717, 1.165) is 4.90 Å². The van der Waals surface area contributed by atoms with Crippen molar-refractivity contribution in [2.75, 3.05) is 19.6 Å². The minimum absolute atomic E-state index is 0.00731. The Labute approximate surface area is 246 Å². The second kappa shape index (κ2) is 10.3. The van der Waals surface area contributed by atoms with Crippen LogP contribution in [0.1, 0.15) is 43.4 Å². The number of nitrogens with one attached hydrogen (secondary N) is 2. The predicted molar refractivity (Wildman–Crippen MR) is 149 cm³/mol. The van der Waals surface area contributed by atoms with E-state index in [0.29, 0.717) is 59.1 Å². The molecular weight excluding hydrogens is 598 g/mol. The predicted octanol–water partition coefficient (Wildman–Crippen LogP) is 4.61. The number of imidazole rings is 1. The largest absolute Gasteiger partial charge is 0.406 e. The summed E-state index contributed by atoms with van der Waals surface area (Å²) in [5, 5.41) is 7.37. The Morgan fingerprint density at radius 3 is 2.67 bits per heavy atom. The number of halogens is 5. The molecule has 42 heavy (non-hydrogen) atoms. The van der Waals surface area contributed by atoms with E-state index in [-0.39, 0.29) is 47.2 Å². The molecule has 2 aliphatic heterocycles. The van der Waals surface area contributed by atoms with Gasteiger partial charge in [-0.25, -0.2) is 9.78 Å². The van der Waals surface area contributed by atoms with Gasteiger partial charge in [0.15, 0.2) is 5.65 Å². The smallest absolute Gasteiger partial charge is 0.343 e. The Morgan fingerprint density at radius 1 is 1.21 bits per heavy atom. The molecule has 1 saturated heterocycles. The van der Waals surface area contributed by atoms with Gasteiger partial charge in [-0.05, 0) is 55.5 Å². The Balaban J connectivity index is 1.26. The highest BCUT2D eigenvalue weighted by Crippen LogP contribution is 2.42. The molecule has 222 valence electrons. The summed E-state index contributed by atoms with van der Waals surface area (Å²) in [4.78, 5) is 49.2. The van der Waals surface area contributed by atoms with Crippen molar-refractivity contribution in [2.24, 2.45) is 5.41 Å². The van der Waals surface area contributed by atoms with Crippen molar-refractivity contribution in [3.63, 3.8) is 0 Å². The molecule has 3 aromatic heterocycles. The Hall–Kier alpha value is -3.58. The summed E-state index contributed by atoms with van der Waals surface area (Å²) < 4.78 is 42.6. The number of piperidine rings is 1. The van der Waals surface area contributed by atoms with Gasteiger partial charge in [0.25, 0.3) is 0 Å². The summed E-state index contributed by atoms with van der Waals surface area (Å²) in [5.74, 6) is -1.12. The number of amides is 2. The average molecular weight is 624 g/mol. The molecule has 0 unspecified atom stereocenters. The van der Waals surface area contributed by atoms with Crippen LogP contribution in [-0.2, 0) is 22.6 Å².